The van der Waals surface area contributed by atoms with Crippen LogP contribution in [0.1, 0.15) is 18.1 Å². The fourth-order valence-corrected chi connectivity index (χ4v) is 4.24. The quantitative estimate of drug-likeness (QED) is 0.0474. The summed E-state index contributed by atoms with van der Waals surface area (Å²) in [5.74, 6) is 0.122. The van der Waals surface area contributed by atoms with Gasteiger partial charge in [-0.25, -0.2) is 9.78 Å². The van der Waals surface area contributed by atoms with Gasteiger partial charge in [0.25, 0.3) is 11.2 Å². The van der Waals surface area contributed by atoms with Gasteiger partial charge in [0.1, 0.15) is 0 Å². The van der Waals surface area contributed by atoms with E-state index in [1.807, 2.05) is 0 Å². The Kier molecular flexibility index (Phi) is 8.69. The Balaban J connectivity index is 1.46. The maximum Gasteiger partial charge on any atom is 0.336 e. The monoisotopic (exact) mass is 594 g/mol. The van der Waals surface area contributed by atoms with E-state index < -0.39 is 16.5 Å². The van der Waals surface area contributed by atoms with Gasteiger partial charge in [-0.05, 0) is 78.7 Å². The zero-order valence-electron chi connectivity index (χ0n) is 22.7. The number of non-ortho nitro benzene ring substituents is 1. The number of aromatic nitrogens is 2. The number of carbonyl (C=O) groups excluding carboxylic acids is 1. The summed E-state index contributed by atoms with van der Waals surface area (Å²) in [5.41, 5.74) is 1.75. The normalized spacial score (nSPS) is 11.3. The molecule has 0 radical (unpaired) electrons. The van der Waals surface area contributed by atoms with Crippen molar-refractivity contribution in [3.63, 3.8) is 0 Å². The average molecular weight is 595 g/mol. The maximum atomic E-state index is 13.5. The van der Waals surface area contributed by atoms with Crippen molar-refractivity contribution < 1.29 is 19.2 Å². The van der Waals surface area contributed by atoms with Crippen LogP contribution in [0.3, 0.4) is 0 Å². The molecule has 0 aliphatic heterocycles. The van der Waals surface area contributed by atoms with Crippen LogP contribution in [0.4, 0.5) is 5.69 Å². The standard InChI is InChI=1S/C32H23ClN4O6/c1-2-42-29-19-22(9-17-28(29)43-30(38)18-10-21-7-13-24(33)14-8-21)20-34-36-31(23-11-15-25(16-12-23)37(40)41)35-27-6-4-3-5-26(27)32(36)39/h3-20H,2H2,1H3/b18-10+,34-20?. The first-order valence-electron chi connectivity index (χ1n) is 13.1. The lowest BCUT2D eigenvalue weighted by atomic mass is 10.1. The van der Waals surface area contributed by atoms with E-state index in [1.54, 1.807) is 79.7 Å². The Morgan fingerprint density at radius 2 is 1.72 bits per heavy atom. The molecule has 5 rings (SSSR count). The van der Waals surface area contributed by atoms with Crippen molar-refractivity contribution in [3.8, 4) is 22.9 Å². The van der Waals surface area contributed by atoms with Gasteiger partial charge in [-0.1, -0.05) is 35.9 Å². The summed E-state index contributed by atoms with van der Waals surface area (Å²) in [5, 5.41) is 16.5. The number of esters is 1. The van der Waals surface area contributed by atoms with Crippen LogP contribution in [0.15, 0.2) is 107 Å². The predicted molar refractivity (Wildman–Crippen MR) is 165 cm³/mol. The van der Waals surface area contributed by atoms with Gasteiger partial charge in [-0.3, -0.25) is 14.9 Å². The number of hydrogen-bond donors (Lipinski definition) is 0. The van der Waals surface area contributed by atoms with Gasteiger partial charge in [0.2, 0.25) is 0 Å². The van der Waals surface area contributed by atoms with Gasteiger partial charge in [0.05, 0.1) is 28.6 Å². The zero-order chi connectivity index (χ0) is 30.3. The number of rotatable bonds is 9. The van der Waals surface area contributed by atoms with Gasteiger partial charge in [-0.2, -0.15) is 9.78 Å². The summed E-state index contributed by atoms with van der Waals surface area (Å²) >= 11 is 5.90. The molecule has 0 amide bonds. The zero-order valence-corrected chi connectivity index (χ0v) is 23.5. The third-order valence-corrected chi connectivity index (χ3v) is 6.42. The maximum absolute atomic E-state index is 13.5. The van der Waals surface area contributed by atoms with Crippen molar-refractivity contribution in [2.24, 2.45) is 5.10 Å². The summed E-state index contributed by atoms with van der Waals surface area (Å²) in [6.07, 6.45) is 4.35. The minimum Gasteiger partial charge on any atom is -0.490 e. The molecule has 0 fully saturated rings. The van der Waals surface area contributed by atoms with Crippen LogP contribution >= 0.6 is 11.6 Å². The van der Waals surface area contributed by atoms with Gasteiger partial charge < -0.3 is 9.47 Å². The number of nitrogens with zero attached hydrogens (tertiary/aromatic N) is 4. The molecule has 0 aliphatic carbocycles. The molecule has 214 valence electrons. The number of ether oxygens (including phenoxy) is 2. The van der Waals surface area contributed by atoms with Crippen LogP contribution in [0, 0.1) is 10.1 Å². The highest BCUT2D eigenvalue weighted by Gasteiger charge is 2.15. The van der Waals surface area contributed by atoms with E-state index in [2.05, 4.69) is 10.1 Å². The summed E-state index contributed by atoms with van der Waals surface area (Å²) < 4.78 is 12.3. The number of benzene rings is 4. The summed E-state index contributed by atoms with van der Waals surface area (Å²) in [6, 6.07) is 24.4. The molecule has 0 saturated carbocycles. The van der Waals surface area contributed by atoms with Crippen molar-refractivity contribution in [2.75, 3.05) is 6.61 Å². The van der Waals surface area contributed by atoms with E-state index in [9.17, 15) is 19.7 Å². The van der Waals surface area contributed by atoms with Gasteiger partial charge in [0.15, 0.2) is 17.3 Å². The van der Waals surface area contributed by atoms with Crippen LogP contribution < -0.4 is 15.0 Å². The predicted octanol–water partition coefficient (Wildman–Crippen LogP) is 6.52. The van der Waals surface area contributed by atoms with Crippen molar-refractivity contribution in [2.45, 2.75) is 6.92 Å². The Bertz CT molecular complexity index is 1930. The minimum absolute atomic E-state index is 0.0911. The summed E-state index contributed by atoms with van der Waals surface area (Å²) in [4.78, 5) is 41.2. The van der Waals surface area contributed by atoms with Crippen LogP contribution in [0.2, 0.25) is 5.02 Å². The summed E-state index contributed by atoms with van der Waals surface area (Å²) in [7, 11) is 0. The molecule has 1 aromatic heterocycles. The number of fused-ring (bicyclic) bond motifs is 1. The molecule has 0 spiro atoms. The first kappa shape index (κ1) is 28.9. The molecule has 11 heteroatoms. The number of nitro groups is 1. The lowest BCUT2D eigenvalue weighted by Crippen LogP contribution is -2.20. The highest BCUT2D eigenvalue weighted by atomic mass is 35.5. The van der Waals surface area contributed by atoms with Gasteiger partial charge in [-0.15, -0.1) is 0 Å². The second-order valence-corrected chi connectivity index (χ2v) is 9.50. The van der Waals surface area contributed by atoms with E-state index >= 15 is 0 Å². The Hall–Kier alpha value is -5.61. The third kappa shape index (κ3) is 6.83. The molecule has 1 heterocycles. The second-order valence-electron chi connectivity index (χ2n) is 9.06. The van der Waals surface area contributed by atoms with E-state index in [0.29, 0.717) is 39.4 Å². The van der Waals surface area contributed by atoms with Crippen LogP contribution in [0.5, 0.6) is 11.5 Å². The number of carbonyl (C=O) groups is 1. The van der Waals surface area contributed by atoms with Gasteiger partial charge >= 0.3 is 5.97 Å². The topological polar surface area (TPSA) is 126 Å². The number of para-hydroxylation sites is 1. The molecule has 0 saturated heterocycles. The van der Waals surface area contributed by atoms with Crippen LogP contribution in [0.25, 0.3) is 28.4 Å². The number of halogens is 1. The molecule has 5 aromatic rings. The van der Waals surface area contributed by atoms with E-state index in [4.69, 9.17) is 21.1 Å². The minimum atomic E-state index is -0.598. The SMILES string of the molecule is CCOc1cc(C=Nn2c(-c3ccc([N+](=O)[O-])cc3)nc3ccccc3c2=O)ccc1OC(=O)/C=C/c1ccc(Cl)cc1. The first-order valence-corrected chi connectivity index (χ1v) is 13.4. The lowest BCUT2D eigenvalue weighted by Gasteiger charge is -2.11. The fourth-order valence-electron chi connectivity index (χ4n) is 4.11. The number of nitro benzene ring substituents is 1. The van der Waals surface area contributed by atoms with E-state index in [0.717, 1.165) is 10.2 Å². The van der Waals surface area contributed by atoms with Crippen molar-refractivity contribution in [1.82, 2.24) is 9.66 Å². The molecule has 4 aromatic carbocycles. The molecular formula is C32H23ClN4O6. The Morgan fingerprint density at radius 1 is 1.00 bits per heavy atom. The average Bonchev–Trinajstić information content (AvgIpc) is 3.01. The van der Waals surface area contributed by atoms with Crippen molar-refractivity contribution in [1.29, 1.82) is 0 Å². The summed E-state index contributed by atoms with van der Waals surface area (Å²) in [6.45, 7) is 2.10. The second kappa shape index (κ2) is 12.9. The highest BCUT2D eigenvalue weighted by molar-refractivity contribution is 6.30. The highest BCUT2D eigenvalue weighted by Crippen LogP contribution is 2.29. The van der Waals surface area contributed by atoms with Crippen LogP contribution in [-0.2, 0) is 4.79 Å². The van der Waals surface area contributed by atoms with Crippen molar-refractivity contribution in [3.05, 3.63) is 134 Å². The molecule has 43 heavy (non-hydrogen) atoms. The molecule has 0 bridgehead atoms. The fraction of sp³-hybridized carbons (Fsp3) is 0.0625. The molecule has 0 aliphatic rings. The molecule has 0 unspecified atom stereocenters. The molecule has 10 nitrogen and oxygen atoms in total. The smallest absolute Gasteiger partial charge is 0.336 e. The first-order chi connectivity index (χ1) is 20.8. The number of hydrogen-bond acceptors (Lipinski definition) is 8. The van der Waals surface area contributed by atoms with E-state index in [1.165, 1.54) is 36.6 Å². The lowest BCUT2D eigenvalue weighted by molar-refractivity contribution is -0.384. The largest absolute Gasteiger partial charge is 0.490 e. The van der Waals surface area contributed by atoms with E-state index in [-0.39, 0.29) is 17.3 Å². The molecule has 0 atom stereocenters. The Morgan fingerprint density at radius 3 is 2.44 bits per heavy atom. The van der Waals surface area contributed by atoms with Gasteiger partial charge in [0, 0.05) is 28.8 Å². The third-order valence-electron chi connectivity index (χ3n) is 6.17. The van der Waals surface area contributed by atoms with Crippen LogP contribution in [-0.4, -0.2) is 33.4 Å². The molecule has 0 N–H and O–H groups in total. The molecular weight excluding hydrogens is 572 g/mol. The van der Waals surface area contributed by atoms with Crippen molar-refractivity contribution >= 4 is 46.5 Å². The Labute approximate surface area is 250 Å².